The molecule has 0 fully saturated rings. The molecule has 1 aliphatic heterocycles. The smallest absolute Gasteiger partial charge is 0.416 e. The van der Waals surface area contributed by atoms with E-state index in [0.717, 1.165) is 12.1 Å². The quantitative estimate of drug-likeness (QED) is 0.664. The van der Waals surface area contributed by atoms with Gasteiger partial charge in [0, 0.05) is 17.8 Å². The summed E-state index contributed by atoms with van der Waals surface area (Å²) in [5, 5.41) is 3.07. The van der Waals surface area contributed by atoms with Crippen LogP contribution in [0, 0.1) is 0 Å². The number of anilines is 1. The van der Waals surface area contributed by atoms with Gasteiger partial charge >= 0.3 is 12.1 Å². The van der Waals surface area contributed by atoms with E-state index in [1.807, 2.05) is 0 Å². The number of carbonyl (C=O) groups is 1. The highest BCUT2D eigenvalue weighted by Gasteiger charge is 2.32. The zero-order valence-corrected chi connectivity index (χ0v) is 12.6. The lowest BCUT2D eigenvalue weighted by Crippen LogP contribution is -2.23. The number of rotatable bonds is 2. The first-order valence-corrected chi connectivity index (χ1v) is 6.92. The lowest BCUT2D eigenvalue weighted by molar-refractivity contribution is -0.148. The van der Waals surface area contributed by atoms with Crippen molar-refractivity contribution in [3.05, 3.63) is 41.5 Å². The Bertz CT molecular complexity index is 600. The molecule has 1 N–H and O–H groups in total. The van der Waals surface area contributed by atoms with Gasteiger partial charge in [0.1, 0.15) is 5.60 Å². The summed E-state index contributed by atoms with van der Waals surface area (Å²) in [5.41, 5.74) is 0.0140. The number of esters is 1. The Morgan fingerprint density at radius 1 is 1.32 bits per heavy atom. The highest BCUT2D eigenvalue weighted by Crippen LogP contribution is 2.34. The minimum atomic E-state index is -4.35. The van der Waals surface area contributed by atoms with Crippen LogP contribution in [-0.2, 0) is 22.1 Å². The van der Waals surface area contributed by atoms with Crippen LogP contribution in [0.5, 0.6) is 0 Å². The van der Waals surface area contributed by atoms with E-state index in [1.165, 1.54) is 12.1 Å². The summed E-state index contributed by atoms with van der Waals surface area (Å²) in [6.45, 7) is 5.29. The number of ether oxygens (including phenoxy) is 1. The molecule has 6 heteroatoms. The summed E-state index contributed by atoms with van der Waals surface area (Å²) < 4.78 is 43.1. The van der Waals surface area contributed by atoms with Crippen LogP contribution in [0.1, 0.15) is 31.9 Å². The molecule has 2 rings (SSSR count). The van der Waals surface area contributed by atoms with E-state index in [1.54, 1.807) is 26.8 Å². The highest BCUT2D eigenvalue weighted by molar-refractivity contribution is 5.82. The molecule has 3 nitrogen and oxygen atoms in total. The molecule has 0 unspecified atom stereocenters. The second-order valence-electron chi connectivity index (χ2n) is 6.22. The van der Waals surface area contributed by atoms with E-state index in [-0.39, 0.29) is 6.04 Å². The molecule has 0 saturated carbocycles. The van der Waals surface area contributed by atoms with Crippen LogP contribution in [0.4, 0.5) is 18.9 Å². The van der Waals surface area contributed by atoms with Crippen molar-refractivity contribution in [2.75, 3.05) is 5.32 Å². The number of hydrogen-bond acceptors (Lipinski definition) is 3. The molecule has 1 aliphatic rings. The third kappa shape index (κ3) is 4.26. The topological polar surface area (TPSA) is 38.3 Å². The van der Waals surface area contributed by atoms with Crippen molar-refractivity contribution < 1.29 is 22.7 Å². The molecule has 0 bridgehead atoms. The Hall–Kier alpha value is -1.98. The van der Waals surface area contributed by atoms with Gasteiger partial charge in [0.25, 0.3) is 0 Å². The summed E-state index contributed by atoms with van der Waals surface area (Å²) in [7, 11) is 0. The molecule has 120 valence electrons. The van der Waals surface area contributed by atoms with Crippen LogP contribution >= 0.6 is 0 Å². The van der Waals surface area contributed by atoms with E-state index in [4.69, 9.17) is 4.74 Å². The molecule has 22 heavy (non-hydrogen) atoms. The number of nitrogens with one attached hydrogen (secondary N) is 1. The van der Waals surface area contributed by atoms with Crippen LogP contribution in [0.15, 0.2) is 30.4 Å². The maximum absolute atomic E-state index is 12.7. The van der Waals surface area contributed by atoms with Crippen molar-refractivity contribution in [2.45, 2.75) is 45.0 Å². The van der Waals surface area contributed by atoms with Crippen molar-refractivity contribution in [3.63, 3.8) is 0 Å². The lowest BCUT2D eigenvalue weighted by Gasteiger charge is -2.18. The minimum Gasteiger partial charge on any atom is -0.457 e. The van der Waals surface area contributed by atoms with Crippen molar-refractivity contribution in [2.24, 2.45) is 0 Å². The molecular formula is C16H18F3NO2. The van der Waals surface area contributed by atoms with Crippen molar-refractivity contribution in [1.29, 1.82) is 0 Å². The van der Waals surface area contributed by atoms with E-state index in [9.17, 15) is 18.0 Å². The third-order valence-corrected chi connectivity index (χ3v) is 3.08. The molecule has 0 aromatic heterocycles. The normalized spacial score (nSPS) is 18.2. The summed E-state index contributed by atoms with van der Waals surface area (Å²) in [5.74, 6) is -0.471. The number of hydrogen-bond donors (Lipinski definition) is 1. The Balaban J connectivity index is 2.02. The van der Waals surface area contributed by atoms with Gasteiger partial charge in [-0.25, -0.2) is 4.79 Å². The second-order valence-corrected chi connectivity index (χ2v) is 6.22. The van der Waals surface area contributed by atoms with Crippen molar-refractivity contribution >= 4 is 11.7 Å². The molecular weight excluding hydrogens is 295 g/mol. The number of alkyl halides is 3. The maximum atomic E-state index is 12.7. The lowest BCUT2D eigenvalue weighted by atomic mass is 10.1. The summed E-state index contributed by atoms with van der Waals surface area (Å²) >= 11 is 0. The molecule has 0 saturated heterocycles. The SMILES string of the molecule is CC(C)(C)OC(=O)/C=C/[C@@H]1Cc2cc(C(F)(F)F)ccc2N1. The van der Waals surface area contributed by atoms with Crippen LogP contribution in [-0.4, -0.2) is 17.6 Å². The first kappa shape index (κ1) is 16.4. The first-order valence-electron chi connectivity index (χ1n) is 6.92. The predicted octanol–water partition coefficient (Wildman–Crippen LogP) is 3.94. The van der Waals surface area contributed by atoms with Crippen LogP contribution in [0.3, 0.4) is 0 Å². The fourth-order valence-electron chi connectivity index (χ4n) is 2.21. The fraction of sp³-hybridized carbons (Fsp3) is 0.438. The zero-order chi connectivity index (χ0) is 16.5. The van der Waals surface area contributed by atoms with Crippen LogP contribution in [0.25, 0.3) is 0 Å². The van der Waals surface area contributed by atoms with Gasteiger partial charge in [0.2, 0.25) is 0 Å². The standard InChI is InChI=1S/C16H18F3NO2/c1-15(2,3)22-14(21)7-5-12-9-10-8-11(16(17,18)19)4-6-13(10)20-12/h4-8,12,20H,9H2,1-3H3/b7-5+/t12-/m1/s1. The molecule has 1 aromatic rings. The van der Waals surface area contributed by atoms with Gasteiger partial charge in [-0.3, -0.25) is 0 Å². The van der Waals surface area contributed by atoms with Gasteiger partial charge in [-0.05, 0) is 51.0 Å². The first-order chi connectivity index (χ1) is 10.0. The highest BCUT2D eigenvalue weighted by atomic mass is 19.4. The number of benzene rings is 1. The fourth-order valence-corrected chi connectivity index (χ4v) is 2.21. The van der Waals surface area contributed by atoms with Crippen LogP contribution < -0.4 is 5.32 Å². The van der Waals surface area contributed by atoms with E-state index >= 15 is 0 Å². The molecule has 0 aliphatic carbocycles. The average molecular weight is 313 g/mol. The van der Waals surface area contributed by atoms with Gasteiger partial charge in [0.15, 0.2) is 0 Å². The number of halogens is 3. The van der Waals surface area contributed by atoms with Gasteiger partial charge in [-0.1, -0.05) is 6.08 Å². The minimum absolute atomic E-state index is 0.217. The largest absolute Gasteiger partial charge is 0.457 e. The summed E-state index contributed by atoms with van der Waals surface area (Å²) in [6, 6.07) is 3.39. The van der Waals surface area contributed by atoms with Gasteiger partial charge < -0.3 is 10.1 Å². The summed E-state index contributed by atoms with van der Waals surface area (Å²) in [6.07, 6.45) is -1.03. The molecule has 1 atom stereocenters. The molecule has 1 heterocycles. The third-order valence-electron chi connectivity index (χ3n) is 3.08. The van der Waals surface area contributed by atoms with E-state index < -0.39 is 23.3 Å². The van der Waals surface area contributed by atoms with Crippen LogP contribution in [0.2, 0.25) is 0 Å². The Labute approximate surface area is 127 Å². The Morgan fingerprint density at radius 2 is 2.00 bits per heavy atom. The van der Waals surface area contributed by atoms with E-state index in [2.05, 4.69) is 5.32 Å². The van der Waals surface area contributed by atoms with Crippen molar-refractivity contribution in [1.82, 2.24) is 0 Å². The molecule has 0 amide bonds. The monoisotopic (exact) mass is 313 g/mol. The Kier molecular flexibility index (Phi) is 4.22. The van der Waals surface area contributed by atoms with Gasteiger partial charge in [-0.15, -0.1) is 0 Å². The van der Waals surface area contributed by atoms with Crippen molar-refractivity contribution in [3.8, 4) is 0 Å². The molecule has 1 aromatic carbocycles. The average Bonchev–Trinajstić information content (AvgIpc) is 2.74. The second kappa shape index (κ2) is 5.66. The predicted molar refractivity (Wildman–Crippen MR) is 77.5 cm³/mol. The maximum Gasteiger partial charge on any atom is 0.416 e. The zero-order valence-electron chi connectivity index (χ0n) is 12.6. The molecule has 0 spiro atoms. The number of carbonyl (C=O) groups excluding carboxylic acids is 1. The van der Waals surface area contributed by atoms with Gasteiger partial charge in [-0.2, -0.15) is 13.2 Å². The van der Waals surface area contributed by atoms with Gasteiger partial charge in [0.05, 0.1) is 5.56 Å². The van der Waals surface area contributed by atoms with E-state index in [0.29, 0.717) is 17.7 Å². The Morgan fingerprint density at radius 3 is 2.59 bits per heavy atom. The summed E-state index contributed by atoms with van der Waals surface area (Å²) in [4.78, 5) is 11.6. The number of fused-ring (bicyclic) bond motifs is 1. The molecule has 0 radical (unpaired) electrons.